The Morgan fingerprint density at radius 1 is 1.23 bits per heavy atom. The SMILES string of the molecule is Oc1cc(-c2ccc(Cl)cn2)cc2c1OCCN(CCn1cccn1)C2. The van der Waals surface area contributed by atoms with Crippen molar-refractivity contribution in [3.05, 3.63) is 59.5 Å². The van der Waals surface area contributed by atoms with Crippen LogP contribution in [0, 0.1) is 0 Å². The molecule has 6 nitrogen and oxygen atoms in total. The van der Waals surface area contributed by atoms with Crippen LogP contribution in [0.2, 0.25) is 5.02 Å². The van der Waals surface area contributed by atoms with Gasteiger partial charge in [-0.25, -0.2) is 0 Å². The third kappa shape index (κ3) is 3.66. The second-order valence-electron chi connectivity index (χ2n) is 6.24. The van der Waals surface area contributed by atoms with E-state index in [-0.39, 0.29) is 5.75 Å². The third-order valence-corrected chi connectivity index (χ3v) is 4.65. The predicted molar refractivity (Wildman–Crippen MR) is 99.3 cm³/mol. The van der Waals surface area contributed by atoms with Crippen LogP contribution >= 0.6 is 11.6 Å². The molecule has 1 aliphatic heterocycles. The highest BCUT2D eigenvalue weighted by Gasteiger charge is 2.20. The second kappa shape index (κ2) is 7.35. The summed E-state index contributed by atoms with van der Waals surface area (Å²) in [7, 11) is 0. The van der Waals surface area contributed by atoms with Crippen LogP contribution in [-0.4, -0.2) is 44.5 Å². The van der Waals surface area contributed by atoms with Gasteiger partial charge in [-0.05, 0) is 30.3 Å². The number of phenols is 1. The Morgan fingerprint density at radius 2 is 2.15 bits per heavy atom. The number of benzene rings is 1. The average molecular weight is 371 g/mol. The minimum absolute atomic E-state index is 0.142. The van der Waals surface area contributed by atoms with Gasteiger partial charge in [0.2, 0.25) is 0 Å². The van der Waals surface area contributed by atoms with Gasteiger partial charge < -0.3 is 9.84 Å². The van der Waals surface area contributed by atoms with E-state index in [0.29, 0.717) is 23.9 Å². The van der Waals surface area contributed by atoms with Crippen molar-refractivity contribution in [2.45, 2.75) is 13.1 Å². The van der Waals surface area contributed by atoms with Crippen molar-refractivity contribution in [2.24, 2.45) is 0 Å². The van der Waals surface area contributed by atoms with Crippen molar-refractivity contribution >= 4 is 11.6 Å². The van der Waals surface area contributed by atoms with Crippen molar-refractivity contribution in [3.63, 3.8) is 0 Å². The zero-order valence-corrected chi connectivity index (χ0v) is 14.9. The molecule has 26 heavy (non-hydrogen) atoms. The molecular weight excluding hydrogens is 352 g/mol. The van der Waals surface area contributed by atoms with Gasteiger partial charge in [0, 0.05) is 49.4 Å². The maximum absolute atomic E-state index is 10.4. The van der Waals surface area contributed by atoms with E-state index in [9.17, 15) is 5.11 Å². The van der Waals surface area contributed by atoms with Gasteiger partial charge in [0.15, 0.2) is 11.5 Å². The topological polar surface area (TPSA) is 63.4 Å². The first-order valence-corrected chi connectivity index (χ1v) is 8.87. The Bertz CT molecular complexity index is 881. The van der Waals surface area contributed by atoms with Crippen LogP contribution in [0.15, 0.2) is 48.9 Å². The van der Waals surface area contributed by atoms with E-state index >= 15 is 0 Å². The summed E-state index contributed by atoms with van der Waals surface area (Å²) >= 11 is 5.92. The van der Waals surface area contributed by atoms with Gasteiger partial charge in [-0.15, -0.1) is 0 Å². The lowest BCUT2D eigenvalue weighted by Crippen LogP contribution is -2.29. The Hall–Kier alpha value is -2.57. The summed E-state index contributed by atoms with van der Waals surface area (Å²) in [4.78, 5) is 6.64. The van der Waals surface area contributed by atoms with Crippen LogP contribution < -0.4 is 4.74 Å². The van der Waals surface area contributed by atoms with Crippen molar-refractivity contribution in [1.29, 1.82) is 0 Å². The molecule has 4 rings (SSSR count). The molecule has 1 N–H and O–H groups in total. The maximum Gasteiger partial charge on any atom is 0.165 e. The molecular formula is C19H19ClN4O2. The number of nitrogens with zero attached hydrogens (tertiary/aromatic N) is 4. The quantitative estimate of drug-likeness (QED) is 0.764. The monoisotopic (exact) mass is 370 g/mol. The lowest BCUT2D eigenvalue weighted by Gasteiger charge is -2.19. The molecule has 0 atom stereocenters. The fourth-order valence-corrected chi connectivity index (χ4v) is 3.23. The van der Waals surface area contributed by atoms with E-state index < -0.39 is 0 Å². The number of pyridine rings is 1. The zero-order valence-electron chi connectivity index (χ0n) is 14.2. The van der Waals surface area contributed by atoms with Crippen molar-refractivity contribution in [1.82, 2.24) is 19.7 Å². The minimum Gasteiger partial charge on any atom is -0.504 e. The fourth-order valence-electron chi connectivity index (χ4n) is 3.12. The van der Waals surface area contributed by atoms with Gasteiger partial charge in [-0.1, -0.05) is 11.6 Å². The zero-order chi connectivity index (χ0) is 17.9. The summed E-state index contributed by atoms with van der Waals surface area (Å²) in [6, 6.07) is 9.27. The molecule has 0 bridgehead atoms. The fraction of sp³-hybridized carbons (Fsp3) is 0.263. The third-order valence-electron chi connectivity index (χ3n) is 4.42. The standard InChI is InChI=1S/C19H19ClN4O2/c20-16-2-3-17(21-12-16)14-10-15-13-23(6-7-24-5-1-4-22-24)8-9-26-19(15)18(25)11-14/h1-5,10-12,25H,6-9,13H2. The largest absolute Gasteiger partial charge is 0.504 e. The second-order valence-corrected chi connectivity index (χ2v) is 6.68. The van der Waals surface area contributed by atoms with Crippen LogP contribution in [0.5, 0.6) is 11.5 Å². The van der Waals surface area contributed by atoms with Gasteiger partial charge in [-0.3, -0.25) is 14.6 Å². The highest BCUT2D eigenvalue weighted by atomic mass is 35.5. The van der Waals surface area contributed by atoms with E-state index in [1.165, 1.54) is 0 Å². The van der Waals surface area contributed by atoms with Gasteiger partial charge in [0.05, 0.1) is 17.3 Å². The van der Waals surface area contributed by atoms with E-state index in [0.717, 1.165) is 36.5 Å². The lowest BCUT2D eigenvalue weighted by atomic mass is 10.0. The van der Waals surface area contributed by atoms with Crippen LogP contribution in [0.1, 0.15) is 5.56 Å². The molecule has 3 heterocycles. The van der Waals surface area contributed by atoms with Crippen LogP contribution in [0.4, 0.5) is 0 Å². The van der Waals surface area contributed by atoms with Crippen molar-refractivity contribution < 1.29 is 9.84 Å². The first kappa shape index (κ1) is 16.9. The lowest BCUT2D eigenvalue weighted by molar-refractivity contribution is 0.215. The molecule has 7 heteroatoms. The first-order valence-electron chi connectivity index (χ1n) is 8.49. The molecule has 0 aliphatic carbocycles. The highest BCUT2D eigenvalue weighted by Crippen LogP contribution is 2.37. The number of rotatable bonds is 4. The molecule has 0 unspecified atom stereocenters. The minimum atomic E-state index is 0.142. The summed E-state index contributed by atoms with van der Waals surface area (Å²) in [6.07, 6.45) is 5.34. The van der Waals surface area contributed by atoms with Crippen LogP contribution in [-0.2, 0) is 13.1 Å². The van der Waals surface area contributed by atoms with E-state index in [2.05, 4.69) is 15.0 Å². The summed E-state index contributed by atoms with van der Waals surface area (Å²) in [6.45, 7) is 3.70. The Balaban J connectivity index is 1.58. The van der Waals surface area contributed by atoms with Gasteiger partial charge in [0.1, 0.15) is 6.61 Å². The number of hydrogen-bond acceptors (Lipinski definition) is 5. The van der Waals surface area contributed by atoms with E-state index in [1.807, 2.05) is 29.1 Å². The number of halogens is 1. The molecule has 3 aromatic rings. The summed E-state index contributed by atoms with van der Waals surface area (Å²) in [5.41, 5.74) is 2.56. The Morgan fingerprint density at radius 3 is 2.92 bits per heavy atom. The van der Waals surface area contributed by atoms with E-state index in [4.69, 9.17) is 16.3 Å². The predicted octanol–water partition coefficient (Wildman–Crippen LogP) is 3.20. The Labute approximate surface area is 156 Å². The molecule has 0 radical (unpaired) electrons. The summed E-state index contributed by atoms with van der Waals surface area (Å²) in [5, 5.41) is 15.3. The van der Waals surface area contributed by atoms with Gasteiger partial charge >= 0.3 is 0 Å². The molecule has 0 amide bonds. The van der Waals surface area contributed by atoms with Crippen LogP contribution in [0.3, 0.4) is 0 Å². The number of ether oxygens (including phenoxy) is 1. The smallest absolute Gasteiger partial charge is 0.165 e. The molecule has 0 saturated carbocycles. The highest BCUT2D eigenvalue weighted by molar-refractivity contribution is 6.30. The summed E-state index contributed by atoms with van der Waals surface area (Å²) < 4.78 is 7.72. The normalized spacial score (nSPS) is 14.5. The molecule has 134 valence electrons. The number of aromatic nitrogens is 3. The first-order chi connectivity index (χ1) is 12.7. The number of phenolic OH excluding ortho intramolecular Hbond substituents is 1. The Kier molecular flexibility index (Phi) is 4.77. The number of hydrogen-bond donors (Lipinski definition) is 1. The maximum atomic E-state index is 10.4. The van der Waals surface area contributed by atoms with Gasteiger partial charge in [0.25, 0.3) is 0 Å². The number of fused-ring (bicyclic) bond motifs is 1. The molecule has 1 aliphatic rings. The van der Waals surface area contributed by atoms with Gasteiger partial charge in [-0.2, -0.15) is 5.10 Å². The number of aromatic hydroxyl groups is 1. The molecule has 1 aromatic carbocycles. The van der Waals surface area contributed by atoms with Crippen LogP contribution in [0.25, 0.3) is 11.3 Å². The van der Waals surface area contributed by atoms with Crippen molar-refractivity contribution in [2.75, 3.05) is 19.7 Å². The average Bonchev–Trinajstić information content (AvgIpc) is 3.07. The molecule has 2 aromatic heterocycles. The molecule has 0 fully saturated rings. The molecule has 0 spiro atoms. The summed E-state index contributed by atoms with van der Waals surface area (Å²) in [5.74, 6) is 0.701. The molecule has 0 saturated heterocycles. The van der Waals surface area contributed by atoms with E-state index in [1.54, 1.807) is 24.5 Å². The van der Waals surface area contributed by atoms with Crippen molar-refractivity contribution in [3.8, 4) is 22.8 Å².